The first-order valence-corrected chi connectivity index (χ1v) is 11.3. The molecule has 9 heteroatoms. The van der Waals surface area contributed by atoms with Gasteiger partial charge in [-0.25, -0.2) is 18.1 Å². The van der Waals surface area contributed by atoms with E-state index in [9.17, 15) is 8.42 Å². The Bertz CT molecular complexity index is 937. The molecule has 0 aliphatic carbocycles. The number of thiophene rings is 1. The zero-order valence-electron chi connectivity index (χ0n) is 14.3. The van der Waals surface area contributed by atoms with Gasteiger partial charge in [0.2, 0.25) is 15.2 Å². The minimum Gasteiger partial charge on any atom is -0.360 e. The van der Waals surface area contributed by atoms with Crippen molar-refractivity contribution in [2.45, 2.75) is 24.0 Å². The van der Waals surface area contributed by atoms with Crippen LogP contribution in [0.4, 0.5) is 5.13 Å². The van der Waals surface area contributed by atoms with Gasteiger partial charge in [0, 0.05) is 31.0 Å². The maximum absolute atomic E-state index is 12.0. The van der Waals surface area contributed by atoms with Gasteiger partial charge in [-0.3, -0.25) is 0 Å². The van der Waals surface area contributed by atoms with Crippen LogP contribution >= 0.6 is 22.9 Å². The van der Waals surface area contributed by atoms with E-state index in [1.807, 2.05) is 6.07 Å². The van der Waals surface area contributed by atoms with Crippen molar-refractivity contribution < 1.29 is 8.42 Å². The molecular weight excluding hydrogens is 388 g/mol. The van der Waals surface area contributed by atoms with Gasteiger partial charge in [-0.2, -0.15) is 4.37 Å². The molecule has 6 nitrogen and oxygen atoms in total. The molecule has 0 saturated heterocycles. The molecule has 0 saturated carbocycles. The Morgan fingerprint density at radius 1 is 1.15 bits per heavy atom. The summed E-state index contributed by atoms with van der Waals surface area (Å²) in [6.45, 7) is 3.08. The van der Waals surface area contributed by atoms with Gasteiger partial charge in [0.25, 0.3) is 0 Å². The smallest absolute Gasteiger partial charge is 0.250 e. The Kier molecular flexibility index (Phi) is 6.36. The molecule has 0 fully saturated rings. The van der Waals surface area contributed by atoms with Crippen LogP contribution in [0.15, 0.2) is 46.0 Å². The second-order valence-electron chi connectivity index (χ2n) is 5.79. The highest BCUT2D eigenvalue weighted by Gasteiger charge is 2.13. The zero-order valence-corrected chi connectivity index (χ0v) is 16.8. The number of anilines is 1. The number of hydrogen-bond donors (Lipinski definition) is 2. The van der Waals surface area contributed by atoms with E-state index in [4.69, 9.17) is 0 Å². The Hall–Kier alpha value is -1.81. The Morgan fingerprint density at radius 2 is 2.04 bits per heavy atom. The van der Waals surface area contributed by atoms with Crippen LogP contribution in [-0.2, 0) is 16.4 Å². The number of aromatic nitrogens is 2. The molecule has 0 radical (unpaired) electrons. The lowest BCUT2D eigenvalue weighted by atomic mass is 10.1. The number of nitrogens with zero attached hydrogens (tertiary/aromatic N) is 2. The van der Waals surface area contributed by atoms with Gasteiger partial charge in [0.1, 0.15) is 10.0 Å². The SMILES string of the molecule is Cc1cccc(Cc2nsc(NCCCNS(=O)(=O)c3cccs3)n2)c1. The van der Waals surface area contributed by atoms with Crippen LogP contribution in [0.25, 0.3) is 0 Å². The van der Waals surface area contributed by atoms with E-state index in [1.165, 1.54) is 34.0 Å². The van der Waals surface area contributed by atoms with Crippen molar-refractivity contribution >= 4 is 38.0 Å². The molecule has 1 aromatic carbocycles. The van der Waals surface area contributed by atoms with Crippen LogP contribution in [0, 0.1) is 6.92 Å². The lowest BCUT2D eigenvalue weighted by Gasteiger charge is -2.05. The number of sulfonamides is 1. The lowest BCUT2D eigenvalue weighted by molar-refractivity contribution is 0.582. The Labute approximate surface area is 161 Å². The van der Waals surface area contributed by atoms with Crippen LogP contribution < -0.4 is 10.0 Å². The van der Waals surface area contributed by atoms with Crippen LogP contribution in [0.2, 0.25) is 0 Å². The summed E-state index contributed by atoms with van der Waals surface area (Å²) in [7, 11) is -3.38. The normalized spacial score (nSPS) is 11.6. The summed E-state index contributed by atoms with van der Waals surface area (Å²) < 4.78 is 31.3. The summed E-state index contributed by atoms with van der Waals surface area (Å²) in [6.07, 6.45) is 1.37. The number of nitrogens with one attached hydrogen (secondary N) is 2. The highest BCUT2D eigenvalue weighted by molar-refractivity contribution is 7.91. The second-order valence-corrected chi connectivity index (χ2v) is 9.49. The van der Waals surface area contributed by atoms with Gasteiger partial charge in [-0.05, 0) is 30.4 Å². The second kappa shape index (κ2) is 8.72. The van der Waals surface area contributed by atoms with Gasteiger partial charge in [-0.15, -0.1) is 11.3 Å². The summed E-state index contributed by atoms with van der Waals surface area (Å²) in [5, 5.41) is 5.70. The van der Waals surface area contributed by atoms with E-state index in [2.05, 4.69) is 44.5 Å². The predicted molar refractivity (Wildman–Crippen MR) is 107 cm³/mol. The standard InChI is InChI=1S/C17H20N4O2S3/c1-13-5-2-6-14(11-13)12-15-20-17(25-21-15)18-8-4-9-19-26(22,23)16-7-3-10-24-16/h2-3,5-7,10-11,19H,4,8-9,12H2,1H3,(H,18,20,21). The van der Waals surface area contributed by atoms with Crippen LogP contribution in [0.1, 0.15) is 23.4 Å². The van der Waals surface area contributed by atoms with Crippen molar-refractivity contribution in [3.05, 3.63) is 58.7 Å². The number of hydrogen-bond acceptors (Lipinski definition) is 7. The monoisotopic (exact) mass is 408 g/mol. The number of rotatable bonds is 9. The molecule has 3 aromatic rings. The van der Waals surface area contributed by atoms with Crippen LogP contribution in [0.5, 0.6) is 0 Å². The van der Waals surface area contributed by atoms with Gasteiger partial charge in [0.05, 0.1) is 0 Å². The van der Waals surface area contributed by atoms with Crippen LogP contribution in [-0.4, -0.2) is 30.9 Å². The Balaban J connectivity index is 1.41. The minimum atomic E-state index is -3.38. The summed E-state index contributed by atoms with van der Waals surface area (Å²) in [6, 6.07) is 11.6. The fourth-order valence-electron chi connectivity index (χ4n) is 2.38. The summed E-state index contributed by atoms with van der Waals surface area (Å²) in [4.78, 5) is 4.48. The van der Waals surface area contributed by atoms with E-state index < -0.39 is 10.0 Å². The summed E-state index contributed by atoms with van der Waals surface area (Å²) >= 11 is 2.54. The molecule has 2 N–H and O–H groups in total. The first-order chi connectivity index (χ1) is 12.5. The first-order valence-electron chi connectivity index (χ1n) is 8.18. The fraction of sp³-hybridized carbons (Fsp3) is 0.294. The molecule has 26 heavy (non-hydrogen) atoms. The average Bonchev–Trinajstić information content (AvgIpc) is 3.27. The van der Waals surface area contributed by atoms with Crippen molar-refractivity contribution in [3.8, 4) is 0 Å². The largest absolute Gasteiger partial charge is 0.360 e. The van der Waals surface area contributed by atoms with Crippen molar-refractivity contribution in [1.82, 2.24) is 14.1 Å². The summed E-state index contributed by atoms with van der Waals surface area (Å²) in [5.41, 5.74) is 2.42. The molecule has 0 amide bonds. The van der Waals surface area contributed by atoms with E-state index in [0.29, 0.717) is 30.1 Å². The molecule has 138 valence electrons. The lowest BCUT2D eigenvalue weighted by Crippen LogP contribution is -2.25. The Morgan fingerprint density at radius 3 is 2.81 bits per heavy atom. The van der Waals surface area contributed by atoms with E-state index in [1.54, 1.807) is 17.5 Å². The van der Waals surface area contributed by atoms with Crippen LogP contribution in [0.3, 0.4) is 0 Å². The molecule has 2 aromatic heterocycles. The molecule has 0 aliphatic rings. The van der Waals surface area contributed by atoms with Crippen molar-refractivity contribution in [2.24, 2.45) is 0 Å². The third-order valence-corrected chi connectivity index (χ3v) is 7.16. The van der Waals surface area contributed by atoms with Gasteiger partial charge in [-0.1, -0.05) is 35.9 Å². The average molecular weight is 409 g/mol. The zero-order chi connectivity index (χ0) is 18.4. The van der Waals surface area contributed by atoms with Crippen molar-refractivity contribution in [1.29, 1.82) is 0 Å². The van der Waals surface area contributed by atoms with E-state index in [-0.39, 0.29) is 0 Å². The highest BCUT2D eigenvalue weighted by atomic mass is 32.2. The first kappa shape index (κ1) is 19.0. The number of benzene rings is 1. The van der Waals surface area contributed by atoms with E-state index in [0.717, 1.165) is 11.0 Å². The molecule has 0 aliphatic heterocycles. The van der Waals surface area contributed by atoms with Crippen molar-refractivity contribution in [3.63, 3.8) is 0 Å². The van der Waals surface area contributed by atoms with E-state index >= 15 is 0 Å². The number of aryl methyl sites for hydroxylation is 1. The quantitative estimate of drug-likeness (QED) is 0.531. The molecular formula is C17H20N4O2S3. The maximum Gasteiger partial charge on any atom is 0.250 e. The third kappa shape index (κ3) is 5.34. The molecule has 0 unspecified atom stereocenters. The molecule has 2 heterocycles. The predicted octanol–water partition coefficient (Wildman–Crippen LogP) is 3.28. The minimum absolute atomic E-state index is 0.343. The fourth-order valence-corrected chi connectivity index (χ4v) is 5.10. The molecule has 3 rings (SSSR count). The topological polar surface area (TPSA) is 84.0 Å². The third-order valence-electron chi connectivity index (χ3n) is 3.59. The van der Waals surface area contributed by atoms with Gasteiger partial charge in [0.15, 0.2) is 0 Å². The van der Waals surface area contributed by atoms with Gasteiger partial charge < -0.3 is 5.32 Å². The maximum atomic E-state index is 12.0. The molecule has 0 atom stereocenters. The van der Waals surface area contributed by atoms with Crippen molar-refractivity contribution in [2.75, 3.05) is 18.4 Å². The summed E-state index contributed by atoms with van der Waals surface area (Å²) in [5.74, 6) is 0.793. The van der Waals surface area contributed by atoms with Gasteiger partial charge >= 0.3 is 0 Å². The molecule has 0 bridgehead atoms. The highest BCUT2D eigenvalue weighted by Crippen LogP contribution is 2.16. The molecule has 0 spiro atoms.